The molecule has 0 aromatic heterocycles. The lowest BCUT2D eigenvalue weighted by Crippen LogP contribution is -2.37. The molecule has 0 saturated carbocycles. The number of piperidine rings is 1. The third-order valence-corrected chi connectivity index (χ3v) is 6.50. The number of benzene rings is 3. The fraction of sp³-hybridized carbons (Fsp3) is 0.286. The third-order valence-electron chi connectivity index (χ3n) is 6.50. The van der Waals surface area contributed by atoms with Crippen LogP contribution in [0.1, 0.15) is 40.2 Å². The zero-order valence-electron chi connectivity index (χ0n) is 19.8. The van der Waals surface area contributed by atoms with E-state index in [1.807, 2.05) is 24.3 Å². The van der Waals surface area contributed by atoms with Crippen LogP contribution in [0.4, 0.5) is 18.9 Å². The average molecular weight is 497 g/mol. The number of carbonyl (C=O) groups is 2. The van der Waals surface area contributed by atoms with E-state index in [2.05, 4.69) is 10.2 Å². The van der Waals surface area contributed by atoms with Gasteiger partial charge in [0.1, 0.15) is 0 Å². The summed E-state index contributed by atoms with van der Waals surface area (Å²) in [5, 5.41) is 2.89. The molecular weight excluding hydrogens is 469 g/mol. The summed E-state index contributed by atoms with van der Waals surface area (Å²) in [6, 6.07) is 19.3. The van der Waals surface area contributed by atoms with Gasteiger partial charge in [-0.05, 0) is 78.9 Å². The Balaban J connectivity index is 1.41. The van der Waals surface area contributed by atoms with Crippen LogP contribution < -0.4 is 5.32 Å². The quantitative estimate of drug-likeness (QED) is 0.427. The number of anilines is 1. The molecule has 1 heterocycles. The van der Waals surface area contributed by atoms with Gasteiger partial charge in [0.2, 0.25) is 0 Å². The number of esters is 1. The van der Waals surface area contributed by atoms with Crippen LogP contribution in [0.2, 0.25) is 0 Å². The maximum absolute atomic E-state index is 13.0. The van der Waals surface area contributed by atoms with Crippen LogP contribution in [-0.4, -0.2) is 43.5 Å². The van der Waals surface area contributed by atoms with Gasteiger partial charge in [-0.3, -0.25) is 14.5 Å². The Morgan fingerprint density at radius 3 is 2.19 bits per heavy atom. The molecule has 1 aliphatic rings. The van der Waals surface area contributed by atoms with E-state index in [0.717, 1.165) is 38.1 Å². The van der Waals surface area contributed by atoms with Gasteiger partial charge in [-0.25, -0.2) is 0 Å². The smallest absolute Gasteiger partial charge is 0.416 e. The fourth-order valence-electron chi connectivity index (χ4n) is 4.48. The Morgan fingerprint density at radius 2 is 1.58 bits per heavy atom. The second-order valence-corrected chi connectivity index (χ2v) is 8.82. The van der Waals surface area contributed by atoms with Crippen molar-refractivity contribution in [2.24, 2.45) is 0 Å². The number of nitrogens with one attached hydrogen (secondary N) is 1. The Hall–Kier alpha value is -3.65. The molecule has 0 unspecified atom stereocenters. The molecule has 1 amide bonds. The predicted molar refractivity (Wildman–Crippen MR) is 132 cm³/mol. The molecule has 188 valence electrons. The number of carbonyl (C=O) groups excluding carboxylic acids is 2. The number of likely N-dealkylation sites (tertiary alicyclic amines) is 1. The first-order valence-corrected chi connectivity index (χ1v) is 11.7. The number of ether oxygens (including phenoxy) is 1. The van der Waals surface area contributed by atoms with Crippen molar-refractivity contribution in [1.82, 2.24) is 4.90 Å². The summed E-state index contributed by atoms with van der Waals surface area (Å²) in [6.45, 7) is 1.94. The zero-order chi connectivity index (χ0) is 25.7. The van der Waals surface area contributed by atoms with Crippen molar-refractivity contribution in [2.45, 2.75) is 24.9 Å². The van der Waals surface area contributed by atoms with Gasteiger partial charge in [0.25, 0.3) is 5.91 Å². The number of hydrogen-bond donors (Lipinski definition) is 1. The highest BCUT2D eigenvalue weighted by molar-refractivity contribution is 6.08. The van der Waals surface area contributed by atoms with E-state index in [9.17, 15) is 22.8 Å². The Bertz CT molecular complexity index is 1200. The molecule has 3 aromatic carbocycles. The maximum atomic E-state index is 13.0. The lowest BCUT2D eigenvalue weighted by molar-refractivity contribution is -0.142. The minimum absolute atomic E-state index is 0.228. The number of rotatable bonds is 6. The van der Waals surface area contributed by atoms with Crippen molar-refractivity contribution in [3.05, 3.63) is 89.5 Å². The lowest BCUT2D eigenvalue weighted by Gasteiger charge is -2.31. The summed E-state index contributed by atoms with van der Waals surface area (Å²) in [5.74, 6) is -0.188. The average Bonchev–Trinajstić information content (AvgIpc) is 2.89. The van der Waals surface area contributed by atoms with Gasteiger partial charge in [-0.1, -0.05) is 42.5 Å². The van der Waals surface area contributed by atoms with Crippen LogP contribution in [0, 0.1) is 0 Å². The van der Waals surface area contributed by atoms with Crippen molar-refractivity contribution in [3.63, 3.8) is 0 Å². The summed E-state index contributed by atoms with van der Waals surface area (Å²) >= 11 is 0. The van der Waals surface area contributed by atoms with Crippen molar-refractivity contribution >= 4 is 17.6 Å². The van der Waals surface area contributed by atoms with E-state index in [-0.39, 0.29) is 11.9 Å². The normalized spacial score (nSPS) is 14.9. The van der Waals surface area contributed by atoms with Gasteiger partial charge in [0.05, 0.1) is 19.2 Å². The highest BCUT2D eigenvalue weighted by atomic mass is 19.4. The standard InChI is InChI=1S/C28H27F3N2O3/c1-36-26(34)18-33-16-14-20(15-17-33)19-8-12-23(13-9-19)32-27(35)25-5-3-2-4-24(25)21-6-10-22(11-7-21)28(29,30)31/h2-13,20H,14-18H2,1H3,(H,32,35). The molecule has 3 aromatic rings. The molecule has 0 spiro atoms. The van der Waals surface area contributed by atoms with Crippen molar-refractivity contribution < 1.29 is 27.5 Å². The molecule has 4 rings (SSSR count). The number of alkyl halides is 3. The van der Waals surface area contributed by atoms with Gasteiger partial charge in [-0.2, -0.15) is 13.2 Å². The van der Waals surface area contributed by atoms with Crippen molar-refractivity contribution in [3.8, 4) is 11.1 Å². The van der Waals surface area contributed by atoms with E-state index in [1.165, 1.54) is 24.8 Å². The van der Waals surface area contributed by atoms with Crippen LogP contribution in [0.3, 0.4) is 0 Å². The molecule has 36 heavy (non-hydrogen) atoms. The summed E-state index contributed by atoms with van der Waals surface area (Å²) in [5.41, 5.74) is 2.54. The first kappa shape index (κ1) is 25.4. The fourth-order valence-corrected chi connectivity index (χ4v) is 4.48. The van der Waals surface area contributed by atoms with Gasteiger partial charge < -0.3 is 10.1 Å². The first-order chi connectivity index (χ1) is 17.2. The van der Waals surface area contributed by atoms with E-state index < -0.39 is 11.7 Å². The highest BCUT2D eigenvalue weighted by Crippen LogP contribution is 2.32. The van der Waals surface area contributed by atoms with Crippen LogP contribution in [0.25, 0.3) is 11.1 Å². The molecular formula is C28H27F3N2O3. The van der Waals surface area contributed by atoms with Crippen LogP contribution in [-0.2, 0) is 15.7 Å². The van der Waals surface area contributed by atoms with E-state index >= 15 is 0 Å². The Kier molecular flexibility index (Phi) is 7.74. The monoisotopic (exact) mass is 496 g/mol. The molecule has 1 N–H and O–H groups in total. The highest BCUT2D eigenvalue weighted by Gasteiger charge is 2.30. The minimum Gasteiger partial charge on any atom is -0.468 e. The molecule has 1 fully saturated rings. The molecule has 0 radical (unpaired) electrons. The van der Waals surface area contributed by atoms with Crippen molar-refractivity contribution in [1.29, 1.82) is 0 Å². The van der Waals surface area contributed by atoms with Crippen LogP contribution >= 0.6 is 0 Å². The lowest BCUT2D eigenvalue weighted by atomic mass is 9.89. The van der Waals surface area contributed by atoms with Gasteiger partial charge in [0, 0.05) is 11.3 Å². The Morgan fingerprint density at radius 1 is 0.944 bits per heavy atom. The second kappa shape index (κ2) is 11.0. The summed E-state index contributed by atoms with van der Waals surface area (Å²) in [6.07, 6.45) is -2.55. The molecule has 1 saturated heterocycles. The van der Waals surface area contributed by atoms with E-state index in [1.54, 1.807) is 24.3 Å². The summed E-state index contributed by atoms with van der Waals surface area (Å²) in [7, 11) is 1.39. The maximum Gasteiger partial charge on any atom is 0.416 e. The largest absolute Gasteiger partial charge is 0.468 e. The topological polar surface area (TPSA) is 58.6 Å². The molecule has 0 aliphatic carbocycles. The van der Waals surface area contributed by atoms with E-state index in [0.29, 0.717) is 34.8 Å². The molecule has 8 heteroatoms. The Labute approximate surface area is 207 Å². The SMILES string of the molecule is COC(=O)CN1CCC(c2ccc(NC(=O)c3ccccc3-c3ccc(C(F)(F)F)cc3)cc2)CC1. The number of halogens is 3. The zero-order valence-corrected chi connectivity index (χ0v) is 19.8. The first-order valence-electron chi connectivity index (χ1n) is 11.7. The van der Waals surface area contributed by atoms with Crippen LogP contribution in [0.5, 0.6) is 0 Å². The number of hydrogen-bond acceptors (Lipinski definition) is 4. The van der Waals surface area contributed by atoms with E-state index in [4.69, 9.17) is 4.74 Å². The number of methoxy groups -OCH3 is 1. The summed E-state index contributed by atoms with van der Waals surface area (Å²) < 4.78 is 43.5. The molecule has 1 aliphatic heterocycles. The van der Waals surface area contributed by atoms with Gasteiger partial charge >= 0.3 is 12.1 Å². The molecule has 5 nitrogen and oxygen atoms in total. The molecule has 0 atom stereocenters. The number of amides is 1. The molecule has 0 bridgehead atoms. The third kappa shape index (κ3) is 6.12. The predicted octanol–water partition coefficient (Wildman–Crippen LogP) is 5.98. The second-order valence-electron chi connectivity index (χ2n) is 8.82. The number of nitrogens with zero attached hydrogens (tertiary/aromatic N) is 1. The van der Waals surface area contributed by atoms with Crippen molar-refractivity contribution in [2.75, 3.05) is 32.1 Å². The van der Waals surface area contributed by atoms with Gasteiger partial charge in [-0.15, -0.1) is 0 Å². The minimum atomic E-state index is -4.42. The van der Waals surface area contributed by atoms with Crippen LogP contribution in [0.15, 0.2) is 72.8 Å². The van der Waals surface area contributed by atoms with Gasteiger partial charge in [0.15, 0.2) is 0 Å². The summed E-state index contributed by atoms with van der Waals surface area (Å²) in [4.78, 5) is 26.6.